The van der Waals surface area contributed by atoms with E-state index >= 15 is 0 Å². The molecule has 1 atom stereocenters. The molecule has 0 aliphatic rings. The number of aliphatic hydroxyl groups excluding tert-OH is 1. The minimum Gasteiger partial charge on any atom is -0.457 e. The molecule has 0 aliphatic heterocycles. The van der Waals surface area contributed by atoms with Gasteiger partial charge in [-0.1, -0.05) is 152 Å². The number of hydrogen-bond acceptors (Lipinski definition) is 4. The van der Waals surface area contributed by atoms with Gasteiger partial charge in [0.2, 0.25) is 0 Å². The Balaban J connectivity index is 3.48. The van der Waals surface area contributed by atoms with Crippen molar-refractivity contribution in [2.24, 2.45) is 0 Å². The second-order valence-corrected chi connectivity index (χ2v) is 13.0. The van der Waals surface area contributed by atoms with Crippen molar-refractivity contribution in [2.45, 2.75) is 193 Å². The molecule has 0 bridgehead atoms. The van der Waals surface area contributed by atoms with Gasteiger partial charge >= 0.3 is 5.97 Å². The van der Waals surface area contributed by atoms with Gasteiger partial charge in [0.1, 0.15) is 6.10 Å². The van der Waals surface area contributed by atoms with E-state index in [1.165, 1.54) is 128 Å². The molecule has 0 rings (SSSR count). The predicted molar refractivity (Wildman–Crippen MR) is 200 cm³/mol. The number of unbranched alkanes of at least 4 members (excludes halogenated alkanes) is 20. The van der Waals surface area contributed by atoms with E-state index in [-0.39, 0.29) is 19.2 Å². The molecule has 268 valence electrons. The van der Waals surface area contributed by atoms with Crippen LogP contribution in [0.5, 0.6) is 0 Å². The van der Waals surface area contributed by atoms with Crippen molar-refractivity contribution in [1.82, 2.24) is 0 Å². The van der Waals surface area contributed by atoms with Gasteiger partial charge in [0.25, 0.3) is 0 Å². The van der Waals surface area contributed by atoms with Gasteiger partial charge in [-0.25, -0.2) is 0 Å². The van der Waals surface area contributed by atoms with Crippen LogP contribution >= 0.6 is 0 Å². The number of carbonyl (C=O) groups excluding carboxylic acids is 1. The normalized spacial score (nSPS) is 12.8. The summed E-state index contributed by atoms with van der Waals surface area (Å²) in [6, 6.07) is 0. The van der Waals surface area contributed by atoms with Crippen LogP contribution in [0.4, 0.5) is 0 Å². The lowest BCUT2D eigenvalue weighted by Gasteiger charge is -2.15. The molecule has 0 fully saturated rings. The minimum absolute atomic E-state index is 0.180. The average Bonchev–Trinajstić information content (AvgIpc) is 3.06. The Morgan fingerprint density at radius 1 is 0.522 bits per heavy atom. The molecular formula is C42H76O4. The van der Waals surface area contributed by atoms with Gasteiger partial charge in [-0.15, -0.1) is 0 Å². The summed E-state index contributed by atoms with van der Waals surface area (Å²) in [6.45, 7) is 5.28. The topological polar surface area (TPSA) is 55.8 Å². The van der Waals surface area contributed by atoms with Crippen molar-refractivity contribution in [3.8, 4) is 0 Å². The van der Waals surface area contributed by atoms with E-state index in [0.29, 0.717) is 13.0 Å². The molecule has 0 radical (unpaired) electrons. The van der Waals surface area contributed by atoms with E-state index in [1.54, 1.807) is 0 Å². The summed E-state index contributed by atoms with van der Waals surface area (Å²) >= 11 is 0. The van der Waals surface area contributed by atoms with Gasteiger partial charge in [-0.2, -0.15) is 0 Å². The maximum atomic E-state index is 12.2. The Hall–Kier alpha value is -1.65. The van der Waals surface area contributed by atoms with Crippen molar-refractivity contribution >= 4 is 5.97 Å². The fourth-order valence-corrected chi connectivity index (χ4v) is 5.39. The fraction of sp³-hybridized carbons (Fsp3) is 0.786. The summed E-state index contributed by atoms with van der Waals surface area (Å²) in [7, 11) is 0. The maximum absolute atomic E-state index is 12.2. The van der Waals surface area contributed by atoms with Crippen molar-refractivity contribution in [2.75, 3.05) is 19.8 Å². The molecule has 46 heavy (non-hydrogen) atoms. The van der Waals surface area contributed by atoms with Crippen LogP contribution in [0.2, 0.25) is 0 Å². The zero-order valence-corrected chi connectivity index (χ0v) is 30.6. The number of aliphatic hydroxyl groups is 1. The zero-order chi connectivity index (χ0) is 33.4. The number of allylic oxidation sites excluding steroid dienone is 8. The highest BCUT2D eigenvalue weighted by Gasteiger charge is 2.13. The van der Waals surface area contributed by atoms with Crippen LogP contribution in [0.15, 0.2) is 48.6 Å². The van der Waals surface area contributed by atoms with Crippen LogP contribution in [0, 0.1) is 0 Å². The molecule has 0 saturated heterocycles. The van der Waals surface area contributed by atoms with Crippen molar-refractivity contribution in [3.05, 3.63) is 48.6 Å². The molecule has 0 aromatic rings. The highest BCUT2D eigenvalue weighted by molar-refractivity contribution is 5.69. The number of hydrogen-bond donors (Lipinski definition) is 1. The molecule has 0 heterocycles. The van der Waals surface area contributed by atoms with Crippen LogP contribution in [0.3, 0.4) is 0 Å². The van der Waals surface area contributed by atoms with Gasteiger partial charge in [0, 0.05) is 13.0 Å². The minimum atomic E-state index is -0.544. The Labute approximate surface area is 286 Å². The Morgan fingerprint density at radius 2 is 0.913 bits per heavy atom. The summed E-state index contributed by atoms with van der Waals surface area (Å²) < 4.78 is 11.1. The molecule has 0 amide bonds. The Kier molecular flexibility index (Phi) is 38.1. The third kappa shape index (κ3) is 36.8. The van der Waals surface area contributed by atoms with Gasteiger partial charge < -0.3 is 14.6 Å². The lowest BCUT2D eigenvalue weighted by molar-refractivity contribution is -0.154. The highest BCUT2D eigenvalue weighted by atomic mass is 16.6. The molecule has 0 aromatic heterocycles. The van der Waals surface area contributed by atoms with Crippen molar-refractivity contribution < 1.29 is 19.4 Å². The van der Waals surface area contributed by atoms with E-state index in [1.807, 2.05) is 0 Å². The van der Waals surface area contributed by atoms with Crippen LogP contribution < -0.4 is 0 Å². The van der Waals surface area contributed by atoms with E-state index in [2.05, 4.69) is 62.5 Å². The summed E-state index contributed by atoms with van der Waals surface area (Å²) in [4.78, 5) is 12.2. The molecule has 4 heteroatoms. The van der Waals surface area contributed by atoms with Gasteiger partial charge in [-0.3, -0.25) is 4.79 Å². The first kappa shape index (κ1) is 44.4. The summed E-state index contributed by atoms with van der Waals surface area (Å²) in [5.74, 6) is -0.214. The number of carbonyl (C=O) groups is 1. The zero-order valence-electron chi connectivity index (χ0n) is 30.6. The Morgan fingerprint density at radius 3 is 1.39 bits per heavy atom. The smallest absolute Gasteiger partial charge is 0.306 e. The van der Waals surface area contributed by atoms with Crippen molar-refractivity contribution in [3.63, 3.8) is 0 Å². The van der Waals surface area contributed by atoms with Gasteiger partial charge in [0.05, 0.1) is 13.2 Å². The molecular weight excluding hydrogens is 568 g/mol. The van der Waals surface area contributed by atoms with Crippen LogP contribution in [-0.4, -0.2) is 37.0 Å². The Bertz CT molecular complexity index is 723. The SMILES string of the molecule is CCCCC/C=C\C/C=C\CCCCCCCCCC(=O)OC(CO)COCCCCCCCC/C=C\C/C=C\CCCCCC. The van der Waals surface area contributed by atoms with Gasteiger partial charge in [-0.05, 0) is 77.0 Å². The highest BCUT2D eigenvalue weighted by Crippen LogP contribution is 2.12. The average molecular weight is 645 g/mol. The monoisotopic (exact) mass is 645 g/mol. The predicted octanol–water partition coefficient (Wildman–Crippen LogP) is 12.7. The van der Waals surface area contributed by atoms with E-state index in [0.717, 1.165) is 38.5 Å². The maximum Gasteiger partial charge on any atom is 0.306 e. The third-order valence-corrected chi connectivity index (χ3v) is 8.38. The summed E-state index contributed by atoms with van der Waals surface area (Å²) in [5.41, 5.74) is 0. The molecule has 1 N–H and O–H groups in total. The second-order valence-electron chi connectivity index (χ2n) is 13.0. The van der Waals surface area contributed by atoms with Gasteiger partial charge in [0.15, 0.2) is 0 Å². The lowest BCUT2D eigenvalue weighted by atomic mass is 10.1. The molecule has 4 nitrogen and oxygen atoms in total. The first-order valence-electron chi connectivity index (χ1n) is 19.7. The molecule has 0 saturated carbocycles. The second kappa shape index (κ2) is 39.5. The molecule has 0 aliphatic carbocycles. The first-order chi connectivity index (χ1) is 22.7. The molecule has 0 aromatic carbocycles. The number of ether oxygens (including phenoxy) is 2. The fourth-order valence-electron chi connectivity index (χ4n) is 5.39. The third-order valence-electron chi connectivity index (χ3n) is 8.38. The van der Waals surface area contributed by atoms with E-state index < -0.39 is 6.10 Å². The van der Waals surface area contributed by atoms with Crippen LogP contribution in [-0.2, 0) is 14.3 Å². The first-order valence-corrected chi connectivity index (χ1v) is 19.7. The molecule has 0 spiro atoms. The lowest BCUT2D eigenvalue weighted by Crippen LogP contribution is -2.27. The quantitative estimate of drug-likeness (QED) is 0.0419. The summed E-state index contributed by atoms with van der Waals surface area (Å²) in [5, 5.41) is 9.57. The van der Waals surface area contributed by atoms with Crippen LogP contribution in [0.1, 0.15) is 187 Å². The standard InChI is InChI=1S/C42H76O4/c1-3-5-7-9-11-13-15-17-19-21-23-25-27-29-31-33-35-37-42(44)46-41(39-43)40-45-38-36-34-32-30-28-26-24-22-20-18-16-14-12-10-8-6-4-2/h11,13-14,16-17,19-20,22,41,43H,3-10,12,15,18,21,23-40H2,1-2H3/b13-11-,16-14-,19-17-,22-20-. The van der Waals surface area contributed by atoms with E-state index in [4.69, 9.17) is 9.47 Å². The molecule has 1 unspecified atom stereocenters. The van der Waals surface area contributed by atoms with Crippen LogP contribution in [0.25, 0.3) is 0 Å². The largest absolute Gasteiger partial charge is 0.457 e. The van der Waals surface area contributed by atoms with E-state index in [9.17, 15) is 9.90 Å². The number of rotatable bonds is 36. The number of esters is 1. The van der Waals surface area contributed by atoms with Crippen molar-refractivity contribution in [1.29, 1.82) is 0 Å². The summed E-state index contributed by atoms with van der Waals surface area (Å²) in [6.07, 6.45) is 50.1.